The minimum absolute atomic E-state index is 0.0310. The van der Waals surface area contributed by atoms with Gasteiger partial charge >= 0.3 is 11.9 Å². The zero-order valence-electron chi connectivity index (χ0n) is 14.4. The van der Waals surface area contributed by atoms with Crippen molar-refractivity contribution in [3.8, 4) is 0 Å². The molecule has 134 valence electrons. The lowest BCUT2D eigenvalue weighted by atomic mass is 9.76. The van der Waals surface area contributed by atoms with Gasteiger partial charge in [0, 0.05) is 29.3 Å². The molecule has 0 saturated heterocycles. The summed E-state index contributed by atoms with van der Waals surface area (Å²) in [6.45, 7) is 2.10. The SMILES string of the molecule is CCOC(=O)[C@H]1Nc2ccc(Br)cc2[C@@H]2[C@H]1CC(C(=O)OC)=CN2C. The molecular weight excluding hydrogens is 388 g/mol. The van der Waals surface area contributed by atoms with Gasteiger partial charge in [-0.3, -0.25) is 0 Å². The summed E-state index contributed by atoms with van der Waals surface area (Å²) >= 11 is 3.51. The number of nitrogens with one attached hydrogen (secondary N) is 1. The van der Waals surface area contributed by atoms with Crippen LogP contribution in [0.4, 0.5) is 5.69 Å². The van der Waals surface area contributed by atoms with Gasteiger partial charge in [-0.05, 0) is 37.1 Å². The predicted octanol–water partition coefficient (Wildman–Crippen LogP) is 2.86. The zero-order chi connectivity index (χ0) is 18.1. The van der Waals surface area contributed by atoms with Gasteiger partial charge in [-0.1, -0.05) is 15.9 Å². The van der Waals surface area contributed by atoms with Crippen LogP contribution in [0.15, 0.2) is 34.4 Å². The number of methoxy groups -OCH3 is 1. The molecule has 1 aromatic carbocycles. The monoisotopic (exact) mass is 408 g/mol. The number of halogens is 1. The molecule has 2 aliphatic heterocycles. The van der Waals surface area contributed by atoms with Gasteiger partial charge in [0.2, 0.25) is 0 Å². The summed E-state index contributed by atoms with van der Waals surface area (Å²) < 4.78 is 11.1. The van der Waals surface area contributed by atoms with Crippen LogP contribution >= 0.6 is 15.9 Å². The summed E-state index contributed by atoms with van der Waals surface area (Å²) in [4.78, 5) is 26.5. The maximum absolute atomic E-state index is 12.5. The summed E-state index contributed by atoms with van der Waals surface area (Å²) in [5.41, 5.74) is 2.55. The Morgan fingerprint density at radius 1 is 1.40 bits per heavy atom. The number of hydrogen-bond acceptors (Lipinski definition) is 6. The van der Waals surface area contributed by atoms with Crippen molar-refractivity contribution in [2.45, 2.75) is 25.4 Å². The van der Waals surface area contributed by atoms with E-state index in [1.807, 2.05) is 30.3 Å². The lowest BCUT2D eigenvalue weighted by Crippen LogP contribution is -2.49. The standard InChI is InChI=1S/C18H21BrN2O4/c1-4-25-18(23)15-13-7-10(17(22)24-3)9-21(2)16(13)12-8-11(19)5-6-14(12)20-15/h5-6,8-9,13,15-16,20H,4,7H2,1-3H3/t13-,15-,16+/m0/s1. The number of carbonyl (C=O) groups is 2. The van der Waals surface area contributed by atoms with E-state index < -0.39 is 6.04 Å². The molecule has 2 aliphatic rings. The van der Waals surface area contributed by atoms with Crippen LogP contribution in [0, 0.1) is 5.92 Å². The highest BCUT2D eigenvalue weighted by Crippen LogP contribution is 2.46. The second-order valence-electron chi connectivity index (χ2n) is 6.23. The van der Waals surface area contributed by atoms with Gasteiger partial charge < -0.3 is 19.7 Å². The minimum atomic E-state index is -0.519. The first-order chi connectivity index (χ1) is 12.0. The van der Waals surface area contributed by atoms with Gasteiger partial charge in [0.15, 0.2) is 0 Å². The van der Waals surface area contributed by atoms with Crippen molar-refractivity contribution < 1.29 is 19.1 Å². The number of nitrogens with zero attached hydrogens (tertiary/aromatic N) is 1. The fourth-order valence-corrected chi connectivity index (χ4v) is 4.09. The van der Waals surface area contributed by atoms with Crippen molar-refractivity contribution in [1.82, 2.24) is 4.90 Å². The first-order valence-corrected chi connectivity index (χ1v) is 8.99. The van der Waals surface area contributed by atoms with Crippen molar-refractivity contribution in [2.24, 2.45) is 5.92 Å². The zero-order valence-corrected chi connectivity index (χ0v) is 16.0. The van der Waals surface area contributed by atoms with E-state index in [1.54, 1.807) is 6.92 Å². The van der Waals surface area contributed by atoms with E-state index in [2.05, 4.69) is 27.3 Å². The molecular formula is C18H21BrN2O4. The Hall–Kier alpha value is -2.02. The summed E-state index contributed by atoms with van der Waals surface area (Å²) in [7, 11) is 3.28. The maximum atomic E-state index is 12.5. The summed E-state index contributed by atoms with van der Waals surface area (Å²) in [5, 5.41) is 3.30. The average molecular weight is 409 g/mol. The quantitative estimate of drug-likeness (QED) is 0.775. The lowest BCUT2D eigenvalue weighted by molar-refractivity contribution is -0.147. The van der Waals surface area contributed by atoms with Crippen molar-refractivity contribution in [3.63, 3.8) is 0 Å². The maximum Gasteiger partial charge on any atom is 0.335 e. The normalized spacial score (nSPS) is 24.4. The Balaban J connectivity index is 2.06. The van der Waals surface area contributed by atoms with Crippen LogP contribution in [0.25, 0.3) is 0 Å². The third-order valence-corrected chi connectivity index (χ3v) is 5.21. The van der Waals surface area contributed by atoms with E-state index in [1.165, 1.54) is 7.11 Å². The van der Waals surface area contributed by atoms with E-state index in [9.17, 15) is 9.59 Å². The van der Waals surface area contributed by atoms with Gasteiger partial charge in [0.1, 0.15) is 6.04 Å². The van der Waals surface area contributed by atoms with Crippen LogP contribution in [0.2, 0.25) is 0 Å². The van der Waals surface area contributed by atoms with Gasteiger partial charge in [0.05, 0.1) is 25.3 Å². The van der Waals surface area contributed by atoms with Gasteiger partial charge in [-0.25, -0.2) is 9.59 Å². The van der Waals surface area contributed by atoms with Crippen LogP contribution < -0.4 is 5.32 Å². The molecule has 0 aromatic heterocycles. The molecule has 25 heavy (non-hydrogen) atoms. The fourth-order valence-electron chi connectivity index (χ4n) is 3.71. The molecule has 1 N–H and O–H groups in total. The molecule has 7 heteroatoms. The molecule has 3 atom stereocenters. The summed E-state index contributed by atoms with van der Waals surface area (Å²) in [6.07, 6.45) is 2.26. The largest absolute Gasteiger partial charge is 0.466 e. The van der Waals surface area contributed by atoms with Crippen LogP contribution in [0.5, 0.6) is 0 Å². The Morgan fingerprint density at radius 3 is 2.84 bits per heavy atom. The highest BCUT2D eigenvalue weighted by Gasteiger charge is 2.45. The fraction of sp³-hybridized carbons (Fsp3) is 0.444. The minimum Gasteiger partial charge on any atom is -0.466 e. The topological polar surface area (TPSA) is 67.9 Å². The Morgan fingerprint density at radius 2 is 2.16 bits per heavy atom. The predicted molar refractivity (Wildman–Crippen MR) is 96.9 cm³/mol. The van der Waals surface area contributed by atoms with Gasteiger partial charge in [0.25, 0.3) is 0 Å². The van der Waals surface area contributed by atoms with E-state index in [0.29, 0.717) is 18.6 Å². The number of benzene rings is 1. The van der Waals surface area contributed by atoms with E-state index in [0.717, 1.165) is 15.7 Å². The number of fused-ring (bicyclic) bond motifs is 3. The second-order valence-corrected chi connectivity index (χ2v) is 7.15. The molecule has 2 heterocycles. The smallest absolute Gasteiger partial charge is 0.335 e. The third-order valence-electron chi connectivity index (χ3n) is 4.72. The number of carbonyl (C=O) groups excluding carboxylic acids is 2. The Labute approximate surface area is 155 Å². The summed E-state index contributed by atoms with van der Waals surface area (Å²) in [5.74, 6) is -0.802. The van der Waals surface area contributed by atoms with Crippen molar-refractivity contribution in [2.75, 3.05) is 26.1 Å². The van der Waals surface area contributed by atoms with Crippen LogP contribution in [-0.4, -0.2) is 43.6 Å². The highest BCUT2D eigenvalue weighted by molar-refractivity contribution is 9.10. The molecule has 0 fully saturated rings. The van der Waals surface area contributed by atoms with E-state index >= 15 is 0 Å². The van der Waals surface area contributed by atoms with Crippen molar-refractivity contribution in [3.05, 3.63) is 40.0 Å². The molecule has 6 nitrogen and oxygen atoms in total. The number of hydrogen-bond donors (Lipinski definition) is 1. The molecule has 1 aromatic rings. The average Bonchev–Trinajstić information content (AvgIpc) is 2.60. The summed E-state index contributed by atoms with van der Waals surface area (Å²) in [6, 6.07) is 5.39. The molecule has 0 radical (unpaired) electrons. The van der Waals surface area contributed by atoms with Crippen LogP contribution in [0.1, 0.15) is 24.9 Å². The van der Waals surface area contributed by atoms with Gasteiger partial charge in [-0.2, -0.15) is 0 Å². The number of anilines is 1. The number of ether oxygens (including phenoxy) is 2. The van der Waals surface area contributed by atoms with Crippen LogP contribution in [-0.2, 0) is 19.1 Å². The molecule has 0 amide bonds. The molecule has 0 unspecified atom stereocenters. The van der Waals surface area contributed by atoms with Crippen molar-refractivity contribution in [1.29, 1.82) is 0 Å². The molecule has 0 saturated carbocycles. The Bertz CT molecular complexity index is 734. The second kappa shape index (κ2) is 7.07. The molecule has 3 rings (SSSR count). The van der Waals surface area contributed by atoms with Gasteiger partial charge in [-0.15, -0.1) is 0 Å². The third kappa shape index (κ3) is 3.25. The first-order valence-electron chi connectivity index (χ1n) is 8.19. The lowest BCUT2D eigenvalue weighted by Gasteiger charge is -2.46. The Kier molecular flexibility index (Phi) is 5.03. The van der Waals surface area contributed by atoms with Crippen molar-refractivity contribution >= 4 is 33.6 Å². The highest BCUT2D eigenvalue weighted by atomic mass is 79.9. The van der Waals surface area contributed by atoms with Crippen LogP contribution in [0.3, 0.4) is 0 Å². The van der Waals surface area contributed by atoms with E-state index in [-0.39, 0.29) is 23.9 Å². The first kappa shape index (κ1) is 17.8. The molecule has 0 bridgehead atoms. The molecule has 0 aliphatic carbocycles. The number of rotatable bonds is 3. The van der Waals surface area contributed by atoms with E-state index in [4.69, 9.17) is 9.47 Å². The number of esters is 2. The molecule has 0 spiro atoms.